The second kappa shape index (κ2) is 6.43. The van der Waals surface area contributed by atoms with Crippen LogP contribution in [-0.2, 0) is 15.6 Å². The van der Waals surface area contributed by atoms with Crippen LogP contribution < -0.4 is 9.46 Å². The number of sulfonamides is 1. The van der Waals surface area contributed by atoms with Gasteiger partial charge in [0.2, 0.25) is 0 Å². The van der Waals surface area contributed by atoms with Crippen molar-refractivity contribution >= 4 is 38.7 Å². The lowest BCUT2D eigenvalue weighted by molar-refractivity contribution is 0.0702. The average Bonchev–Trinajstić information content (AvgIpc) is 3.26. The second-order valence-electron chi connectivity index (χ2n) is 5.50. The van der Waals surface area contributed by atoms with Crippen molar-refractivity contribution in [2.45, 2.75) is 35.4 Å². The van der Waals surface area contributed by atoms with Gasteiger partial charge in [0.05, 0.1) is 12.6 Å². The molecule has 0 bridgehead atoms. The molecule has 1 fully saturated rings. The molecule has 1 saturated carbocycles. The van der Waals surface area contributed by atoms with E-state index in [2.05, 4.69) is 9.71 Å². The topological polar surface area (TPSA) is 106 Å². The van der Waals surface area contributed by atoms with E-state index >= 15 is 0 Å². The molecule has 7 nitrogen and oxygen atoms in total. The van der Waals surface area contributed by atoms with Gasteiger partial charge in [-0.1, -0.05) is 12.8 Å². The Bertz CT molecular complexity index is 836. The van der Waals surface area contributed by atoms with E-state index in [4.69, 9.17) is 9.84 Å². The van der Waals surface area contributed by atoms with Crippen LogP contribution >= 0.6 is 22.7 Å². The van der Waals surface area contributed by atoms with Gasteiger partial charge in [-0.2, -0.15) is 4.72 Å². The second-order valence-corrected chi connectivity index (χ2v) is 9.33. The van der Waals surface area contributed by atoms with Crippen molar-refractivity contribution in [2.75, 3.05) is 7.11 Å². The number of rotatable bonds is 6. The summed E-state index contributed by atoms with van der Waals surface area (Å²) >= 11 is 2.10. The van der Waals surface area contributed by atoms with Gasteiger partial charge in [0.25, 0.3) is 10.0 Å². The maximum Gasteiger partial charge on any atom is 0.346 e. The van der Waals surface area contributed by atoms with Crippen LogP contribution in [0.15, 0.2) is 21.9 Å². The van der Waals surface area contributed by atoms with E-state index in [0.717, 1.165) is 17.8 Å². The summed E-state index contributed by atoms with van der Waals surface area (Å²) in [5.74, 6) is -1.15. The van der Waals surface area contributed by atoms with Gasteiger partial charge < -0.3 is 9.84 Å². The number of ether oxygens (including phenoxy) is 1. The van der Waals surface area contributed by atoms with Crippen LogP contribution in [0.25, 0.3) is 0 Å². The number of carboxylic acids is 1. The summed E-state index contributed by atoms with van der Waals surface area (Å²) in [6.07, 6.45) is 4.80. The summed E-state index contributed by atoms with van der Waals surface area (Å²) in [5.41, 5.74) is -0.731. The molecule has 1 aliphatic rings. The smallest absolute Gasteiger partial charge is 0.346 e. The lowest BCUT2D eigenvalue weighted by Crippen LogP contribution is -2.43. The summed E-state index contributed by atoms with van der Waals surface area (Å²) in [7, 11) is -2.62. The van der Waals surface area contributed by atoms with Crippen LogP contribution in [0.2, 0.25) is 0 Å². The average molecular weight is 388 g/mol. The Morgan fingerprint density at radius 1 is 1.42 bits per heavy atom. The zero-order valence-electron chi connectivity index (χ0n) is 12.8. The monoisotopic (exact) mass is 388 g/mol. The number of nitrogens with one attached hydrogen (secondary N) is 1. The Labute approximate surface area is 147 Å². The summed E-state index contributed by atoms with van der Waals surface area (Å²) in [6, 6.07) is 1.23. The van der Waals surface area contributed by atoms with Crippen LogP contribution in [0, 0.1) is 0 Å². The Morgan fingerprint density at radius 2 is 2.12 bits per heavy atom. The number of carboxylic acid groups (broad SMARTS) is 1. The molecule has 2 heterocycles. The quantitative estimate of drug-likeness (QED) is 0.788. The zero-order valence-corrected chi connectivity index (χ0v) is 15.3. The van der Waals surface area contributed by atoms with Crippen LogP contribution in [-0.4, -0.2) is 31.6 Å². The predicted molar refractivity (Wildman–Crippen MR) is 90.4 cm³/mol. The van der Waals surface area contributed by atoms with Gasteiger partial charge in [0, 0.05) is 17.6 Å². The first-order chi connectivity index (χ1) is 11.4. The largest absolute Gasteiger partial charge is 0.494 e. The first kappa shape index (κ1) is 17.3. The van der Waals surface area contributed by atoms with Crippen molar-refractivity contribution in [2.24, 2.45) is 0 Å². The van der Waals surface area contributed by atoms with E-state index in [0.29, 0.717) is 24.2 Å². The molecule has 10 heteroatoms. The van der Waals surface area contributed by atoms with Crippen molar-refractivity contribution in [1.82, 2.24) is 9.71 Å². The number of carbonyl (C=O) groups is 1. The molecule has 0 spiro atoms. The molecule has 24 heavy (non-hydrogen) atoms. The molecule has 3 rings (SSSR count). The molecule has 130 valence electrons. The van der Waals surface area contributed by atoms with E-state index in [-0.39, 0.29) is 14.8 Å². The molecule has 2 aromatic rings. The highest BCUT2D eigenvalue weighted by Crippen LogP contribution is 2.42. The number of nitrogens with zero attached hydrogens (tertiary/aromatic N) is 1. The molecule has 0 aliphatic heterocycles. The molecule has 0 atom stereocenters. The molecule has 0 saturated heterocycles. The highest BCUT2D eigenvalue weighted by atomic mass is 32.2. The Morgan fingerprint density at radius 3 is 2.67 bits per heavy atom. The first-order valence-electron chi connectivity index (χ1n) is 7.23. The Hall–Kier alpha value is -1.49. The summed E-state index contributed by atoms with van der Waals surface area (Å²) in [4.78, 5) is 15.3. The maximum absolute atomic E-state index is 12.9. The maximum atomic E-state index is 12.9. The molecule has 2 N–H and O–H groups in total. The fourth-order valence-electron chi connectivity index (χ4n) is 2.89. The summed E-state index contributed by atoms with van der Waals surface area (Å²) in [5, 5.41) is 11.7. The molecule has 0 radical (unpaired) electrons. The molecule has 1 aliphatic carbocycles. The third-order valence-corrected chi connectivity index (χ3v) is 8.10. The summed E-state index contributed by atoms with van der Waals surface area (Å²) < 4.78 is 33.5. The SMILES string of the molecule is COc1cc(C(=O)O)sc1S(=O)(=O)NC1(c2nccs2)CCCC1. The van der Waals surface area contributed by atoms with Crippen LogP contribution in [0.3, 0.4) is 0 Å². The third kappa shape index (κ3) is 3.06. The van der Waals surface area contributed by atoms with Gasteiger partial charge in [0.15, 0.2) is 9.96 Å². The fraction of sp³-hybridized carbons (Fsp3) is 0.429. The van der Waals surface area contributed by atoms with E-state index in [9.17, 15) is 13.2 Å². The molecular formula is C14H16N2O5S3. The van der Waals surface area contributed by atoms with Gasteiger partial charge in [-0.25, -0.2) is 18.2 Å². The Kier molecular flexibility index (Phi) is 4.65. The molecule has 2 aromatic heterocycles. The van der Waals surface area contributed by atoms with E-state index in [1.165, 1.54) is 24.5 Å². The zero-order chi connectivity index (χ0) is 17.4. The van der Waals surface area contributed by atoms with Crippen LogP contribution in [0.5, 0.6) is 5.75 Å². The molecule has 0 amide bonds. The fourth-order valence-corrected chi connectivity index (χ4v) is 6.66. The number of aromatic nitrogens is 1. The third-order valence-electron chi connectivity index (χ3n) is 3.97. The van der Waals surface area contributed by atoms with Gasteiger partial charge in [-0.3, -0.25) is 0 Å². The molecular weight excluding hydrogens is 372 g/mol. The minimum Gasteiger partial charge on any atom is -0.494 e. The number of aromatic carboxylic acids is 1. The van der Waals surface area contributed by atoms with Crippen molar-refractivity contribution in [3.05, 3.63) is 27.5 Å². The Balaban J connectivity index is 2.00. The number of hydrogen-bond acceptors (Lipinski definition) is 7. The van der Waals surface area contributed by atoms with Crippen molar-refractivity contribution < 1.29 is 23.1 Å². The minimum absolute atomic E-state index is 0.0391. The van der Waals surface area contributed by atoms with Gasteiger partial charge >= 0.3 is 5.97 Å². The van der Waals surface area contributed by atoms with E-state index in [1.54, 1.807) is 6.20 Å². The standard InChI is InChI=1S/C14H16N2O5S3/c1-21-9-8-10(11(17)18)23-12(9)24(19,20)16-14(4-2-3-5-14)13-15-6-7-22-13/h6-8,16H,2-5H2,1H3,(H,17,18). The van der Waals surface area contributed by atoms with E-state index < -0.39 is 21.5 Å². The number of thiophene rings is 1. The van der Waals surface area contributed by atoms with Crippen molar-refractivity contribution in [1.29, 1.82) is 0 Å². The lowest BCUT2D eigenvalue weighted by Gasteiger charge is -2.27. The number of thiazole rings is 1. The summed E-state index contributed by atoms with van der Waals surface area (Å²) in [6.45, 7) is 0. The molecule has 0 aromatic carbocycles. The lowest BCUT2D eigenvalue weighted by atomic mass is 10.0. The van der Waals surface area contributed by atoms with Gasteiger partial charge in [0.1, 0.15) is 9.88 Å². The van der Waals surface area contributed by atoms with E-state index in [1.807, 2.05) is 5.38 Å². The highest BCUT2D eigenvalue weighted by molar-refractivity contribution is 7.91. The van der Waals surface area contributed by atoms with Crippen LogP contribution in [0.4, 0.5) is 0 Å². The highest BCUT2D eigenvalue weighted by Gasteiger charge is 2.43. The normalized spacial score (nSPS) is 17.0. The minimum atomic E-state index is -3.94. The number of hydrogen-bond donors (Lipinski definition) is 2. The van der Waals surface area contributed by atoms with Gasteiger partial charge in [-0.15, -0.1) is 22.7 Å². The first-order valence-corrected chi connectivity index (χ1v) is 10.4. The molecule has 0 unspecified atom stereocenters. The van der Waals surface area contributed by atoms with Crippen molar-refractivity contribution in [3.8, 4) is 5.75 Å². The van der Waals surface area contributed by atoms with Gasteiger partial charge in [-0.05, 0) is 12.8 Å². The van der Waals surface area contributed by atoms with Crippen molar-refractivity contribution in [3.63, 3.8) is 0 Å². The predicted octanol–water partition coefficient (Wildman–Crippen LogP) is 2.66. The number of methoxy groups -OCH3 is 1. The van der Waals surface area contributed by atoms with Crippen LogP contribution in [0.1, 0.15) is 40.4 Å².